The van der Waals surface area contributed by atoms with Gasteiger partial charge < -0.3 is 9.47 Å². The molecule has 26 heavy (non-hydrogen) atoms. The van der Waals surface area contributed by atoms with E-state index >= 15 is 0 Å². The maximum absolute atomic E-state index is 11.4. The highest BCUT2D eigenvalue weighted by Gasteiger charge is 2.30. The zero-order chi connectivity index (χ0) is 18.2. The van der Waals surface area contributed by atoms with E-state index in [0.29, 0.717) is 19.6 Å². The zero-order valence-electron chi connectivity index (χ0n) is 14.4. The van der Waals surface area contributed by atoms with Crippen molar-refractivity contribution in [2.75, 3.05) is 6.61 Å². The smallest absolute Gasteiger partial charge is 0.286 e. The number of amides is 2. The van der Waals surface area contributed by atoms with E-state index in [0.717, 1.165) is 41.7 Å². The second-order valence-electron chi connectivity index (χ2n) is 5.97. The van der Waals surface area contributed by atoms with Crippen LogP contribution in [-0.2, 0) is 11.4 Å². The number of benzene rings is 2. The normalized spacial score (nSPS) is 16.4. The molecule has 3 rings (SSSR count). The predicted octanol–water partition coefficient (Wildman–Crippen LogP) is 4.17. The highest BCUT2D eigenvalue weighted by molar-refractivity contribution is 8.15. The lowest BCUT2D eigenvalue weighted by Crippen LogP contribution is -2.24. The van der Waals surface area contributed by atoms with Crippen molar-refractivity contribution in [2.45, 2.75) is 31.1 Å². The fourth-order valence-corrected chi connectivity index (χ4v) is 3.45. The fourth-order valence-electron chi connectivity index (χ4n) is 2.58. The molecule has 0 spiro atoms. The van der Waals surface area contributed by atoms with E-state index in [-0.39, 0.29) is 16.4 Å². The Bertz CT molecular complexity index is 733. The summed E-state index contributed by atoms with van der Waals surface area (Å²) in [7, 11) is 0. The maximum atomic E-state index is 11.4. The molecule has 0 radical (unpaired) electrons. The summed E-state index contributed by atoms with van der Waals surface area (Å²) >= 11 is 1.08. The molecule has 0 bridgehead atoms. The highest BCUT2D eigenvalue weighted by Crippen LogP contribution is 2.24. The Hall–Kier alpha value is -2.47. The molecule has 2 aromatic carbocycles. The monoisotopic (exact) mass is 371 g/mol. The molecule has 2 amide bonds. The number of unbranched alkanes of at least 4 members (excludes halogenated alkanes) is 1. The lowest BCUT2D eigenvalue weighted by Gasteiger charge is -2.09. The third-order valence-electron chi connectivity index (χ3n) is 3.97. The molecule has 2 aromatic rings. The Kier molecular flexibility index (Phi) is 6.55. The molecule has 1 saturated heterocycles. The van der Waals surface area contributed by atoms with Gasteiger partial charge >= 0.3 is 0 Å². The third kappa shape index (κ3) is 5.52. The van der Waals surface area contributed by atoms with Crippen molar-refractivity contribution in [1.82, 2.24) is 5.32 Å². The van der Waals surface area contributed by atoms with Gasteiger partial charge in [-0.2, -0.15) is 0 Å². The van der Waals surface area contributed by atoms with E-state index in [2.05, 4.69) is 5.32 Å². The van der Waals surface area contributed by atoms with Crippen molar-refractivity contribution in [3.8, 4) is 11.5 Å². The number of carbonyl (C=O) groups is 2. The standard InChI is InChI=1S/C20H21NO4S/c22-19-18(26-20(23)21-19)8-4-5-13-24-16-9-11-17(12-10-16)25-14-15-6-2-1-3-7-15/h1-3,6-7,9-12,18H,4-5,8,13-14H2,(H,21,22,23). The Morgan fingerprint density at radius 3 is 2.23 bits per heavy atom. The predicted molar refractivity (Wildman–Crippen MR) is 101 cm³/mol. The van der Waals surface area contributed by atoms with Crippen LogP contribution >= 0.6 is 11.8 Å². The summed E-state index contributed by atoms with van der Waals surface area (Å²) in [5, 5.41) is 1.81. The Morgan fingerprint density at radius 1 is 0.885 bits per heavy atom. The van der Waals surface area contributed by atoms with Crippen LogP contribution in [0.3, 0.4) is 0 Å². The van der Waals surface area contributed by atoms with Crippen molar-refractivity contribution in [3.63, 3.8) is 0 Å². The number of ether oxygens (including phenoxy) is 2. The number of hydrogen-bond acceptors (Lipinski definition) is 5. The van der Waals surface area contributed by atoms with Gasteiger partial charge in [-0.1, -0.05) is 42.1 Å². The summed E-state index contributed by atoms with van der Waals surface area (Å²) in [6.45, 7) is 1.12. The molecule has 0 saturated carbocycles. The van der Waals surface area contributed by atoms with Crippen LogP contribution in [0.5, 0.6) is 11.5 Å². The van der Waals surface area contributed by atoms with Gasteiger partial charge in [0.05, 0.1) is 11.9 Å². The van der Waals surface area contributed by atoms with E-state index in [1.807, 2.05) is 54.6 Å². The van der Waals surface area contributed by atoms with Crippen molar-refractivity contribution in [2.24, 2.45) is 0 Å². The van der Waals surface area contributed by atoms with Gasteiger partial charge in [-0.25, -0.2) is 0 Å². The Labute approximate surface area is 157 Å². The topological polar surface area (TPSA) is 64.6 Å². The number of hydrogen-bond donors (Lipinski definition) is 1. The minimum Gasteiger partial charge on any atom is -0.494 e. The number of rotatable bonds is 9. The molecule has 1 fully saturated rings. The number of carbonyl (C=O) groups excluding carboxylic acids is 2. The van der Waals surface area contributed by atoms with Gasteiger partial charge in [0.25, 0.3) is 5.24 Å². The van der Waals surface area contributed by atoms with E-state index in [4.69, 9.17) is 9.47 Å². The summed E-state index contributed by atoms with van der Waals surface area (Å²) in [5.74, 6) is 1.42. The number of thioether (sulfide) groups is 1. The zero-order valence-corrected chi connectivity index (χ0v) is 15.2. The molecule has 1 aliphatic heterocycles. The van der Waals surface area contributed by atoms with Crippen molar-refractivity contribution >= 4 is 22.9 Å². The molecule has 1 N–H and O–H groups in total. The van der Waals surface area contributed by atoms with Gasteiger partial charge in [-0.05, 0) is 49.1 Å². The first-order chi connectivity index (χ1) is 12.7. The first-order valence-corrected chi connectivity index (χ1v) is 9.50. The molecular weight excluding hydrogens is 350 g/mol. The highest BCUT2D eigenvalue weighted by atomic mass is 32.2. The average Bonchev–Trinajstić information content (AvgIpc) is 2.99. The van der Waals surface area contributed by atoms with Crippen LogP contribution in [0.2, 0.25) is 0 Å². The maximum Gasteiger partial charge on any atom is 0.286 e. The van der Waals surface area contributed by atoms with Crippen molar-refractivity contribution in [1.29, 1.82) is 0 Å². The van der Waals surface area contributed by atoms with Crippen LogP contribution in [0.1, 0.15) is 24.8 Å². The average molecular weight is 371 g/mol. The largest absolute Gasteiger partial charge is 0.494 e. The van der Waals surface area contributed by atoms with Crippen LogP contribution in [0, 0.1) is 0 Å². The summed E-state index contributed by atoms with van der Waals surface area (Å²) < 4.78 is 11.4. The second-order valence-corrected chi connectivity index (χ2v) is 7.15. The van der Waals surface area contributed by atoms with Crippen LogP contribution in [0.15, 0.2) is 54.6 Å². The van der Waals surface area contributed by atoms with Crippen LogP contribution in [-0.4, -0.2) is 23.0 Å². The SMILES string of the molecule is O=C1NC(=O)C(CCCCOc2ccc(OCc3ccccc3)cc2)S1. The Balaban J connectivity index is 1.33. The van der Waals surface area contributed by atoms with E-state index in [9.17, 15) is 9.59 Å². The van der Waals surface area contributed by atoms with E-state index in [1.54, 1.807) is 0 Å². The van der Waals surface area contributed by atoms with E-state index < -0.39 is 0 Å². The molecule has 6 heteroatoms. The second kappa shape index (κ2) is 9.29. The van der Waals surface area contributed by atoms with Gasteiger partial charge in [-0.15, -0.1) is 0 Å². The first-order valence-electron chi connectivity index (χ1n) is 8.62. The minimum atomic E-state index is -0.247. The summed E-state index contributed by atoms with van der Waals surface area (Å²) in [5.41, 5.74) is 1.13. The minimum absolute atomic E-state index is 0.174. The lowest BCUT2D eigenvalue weighted by molar-refractivity contribution is -0.119. The number of imide groups is 1. The molecule has 1 aliphatic rings. The first kappa shape index (κ1) is 18.3. The molecule has 5 nitrogen and oxygen atoms in total. The van der Waals surface area contributed by atoms with Gasteiger partial charge in [0, 0.05) is 0 Å². The van der Waals surface area contributed by atoms with Gasteiger partial charge in [0.2, 0.25) is 5.91 Å². The van der Waals surface area contributed by atoms with Crippen LogP contribution in [0.4, 0.5) is 4.79 Å². The summed E-state index contributed by atoms with van der Waals surface area (Å²) in [6.07, 6.45) is 2.37. The van der Waals surface area contributed by atoms with Gasteiger partial charge in [-0.3, -0.25) is 14.9 Å². The van der Waals surface area contributed by atoms with E-state index in [1.165, 1.54) is 0 Å². The quantitative estimate of drug-likeness (QED) is 0.670. The van der Waals surface area contributed by atoms with Gasteiger partial charge in [0.1, 0.15) is 18.1 Å². The molecule has 1 heterocycles. The van der Waals surface area contributed by atoms with Gasteiger partial charge in [0.15, 0.2) is 0 Å². The molecular formula is C20H21NO4S. The van der Waals surface area contributed by atoms with Crippen LogP contribution < -0.4 is 14.8 Å². The molecule has 0 aliphatic carbocycles. The molecule has 1 atom stereocenters. The molecule has 136 valence electrons. The number of nitrogens with one attached hydrogen (secondary N) is 1. The third-order valence-corrected chi connectivity index (χ3v) is 5.02. The molecule has 1 unspecified atom stereocenters. The van der Waals surface area contributed by atoms with Crippen molar-refractivity contribution < 1.29 is 19.1 Å². The Morgan fingerprint density at radius 2 is 1.58 bits per heavy atom. The fraction of sp³-hybridized carbons (Fsp3) is 0.300. The lowest BCUT2D eigenvalue weighted by atomic mass is 10.2. The van der Waals surface area contributed by atoms with Crippen molar-refractivity contribution in [3.05, 3.63) is 60.2 Å². The summed E-state index contributed by atoms with van der Waals surface area (Å²) in [6, 6.07) is 17.6. The molecule has 0 aromatic heterocycles. The van der Waals surface area contributed by atoms with Crippen LogP contribution in [0.25, 0.3) is 0 Å². The summed E-state index contributed by atoms with van der Waals surface area (Å²) in [4.78, 5) is 22.5.